The SMILES string of the molecule is COc1ccc(/C=N/NC(=O)CSc2nnc(-c3ccc(Cl)cc3)n2-c2ccc(Cl)cc2)cc1. The number of methoxy groups -OCH3 is 1. The van der Waals surface area contributed by atoms with E-state index in [9.17, 15) is 4.79 Å². The molecule has 1 amide bonds. The van der Waals surface area contributed by atoms with Crippen LogP contribution in [-0.2, 0) is 4.79 Å². The normalized spacial score (nSPS) is 11.0. The summed E-state index contributed by atoms with van der Waals surface area (Å²) in [5.74, 6) is 1.21. The maximum Gasteiger partial charge on any atom is 0.250 e. The summed E-state index contributed by atoms with van der Waals surface area (Å²) >= 11 is 13.4. The Hall–Kier alpha value is -3.33. The van der Waals surface area contributed by atoms with Gasteiger partial charge in [0, 0.05) is 21.3 Å². The van der Waals surface area contributed by atoms with Crippen molar-refractivity contribution < 1.29 is 9.53 Å². The molecule has 0 atom stereocenters. The van der Waals surface area contributed by atoms with Crippen LogP contribution in [0, 0.1) is 0 Å². The largest absolute Gasteiger partial charge is 0.497 e. The standard InChI is InChI=1S/C24H19Cl2N5O2S/c1-33-21-12-2-16(3-13-21)14-27-28-22(32)15-34-24-30-29-23(17-4-6-18(25)7-5-17)31(24)20-10-8-19(26)9-11-20/h2-14H,15H2,1H3,(H,28,32)/b27-14+. The fourth-order valence-electron chi connectivity index (χ4n) is 3.00. The van der Waals surface area contributed by atoms with Gasteiger partial charge in [0.25, 0.3) is 5.91 Å². The van der Waals surface area contributed by atoms with Crippen LogP contribution in [0.2, 0.25) is 10.0 Å². The number of benzene rings is 3. The summed E-state index contributed by atoms with van der Waals surface area (Å²) in [5, 5.41) is 14.5. The van der Waals surface area contributed by atoms with E-state index in [0.717, 1.165) is 22.6 Å². The van der Waals surface area contributed by atoms with Crippen molar-refractivity contribution in [3.05, 3.63) is 88.4 Å². The number of halogens is 2. The average Bonchev–Trinajstić information content (AvgIpc) is 3.28. The Morgan fingerprint density at radius 1 is 1.00 bits per heavy atom. The molecule has 0 aliphatic heterocycles. The van der Waals surface area contributed by atoms with E-state index in [1.165, 1.54) is 11.8 Å². The highest BCUT2D eigenvalue weighted by Gasteiger charge is 2.17. The van der Waals surface area contributed by atoms with Gasteiger partial charge in [-0.1, -0.05) is 35.0 Å². The molecular weight excluding hydrogens is 493 g/mol. The van der Waals surface area contributed by atoms with E-state index in [-0.39, 0.29) is 11.7 Å². The van der Waals surface area contributed by atoms with Crippen LogP contribution in [0.4, 0.5) is 0 Å². The van der Waals surface area contributed by atoms with E-state index >= 15 is 0 Å². The lowest BCUT2D eigenvalue weighted by atomic mass is 10.2. The fourth-order valence-corrected chi connectivity index (χ4v) is 4.00. The first-order valence-corrected chi connectivity index (χ1v) is 11.8. The second-order valence-corrected chi connectivity index (χ2v) is 8.80. The molecule has 10 heteroatoms. The van der Waals surface area contributed by atoms with E-state index in [0.29, 0.717) is 21.0 Å². The first kappa shape index (κ1) is 23.8. The van der Waals surface area contributed by atoms with Crippen LogP contribution < -0.4 is 10.2 Å². The summed E-state index contributed by atoms with van der Waals surface area (Å²) in [6.07, 6.45) is 1.57. The predicted molar refractivity (Wildman–Crippen MR) is 136 cm³/mol. The summed E-state index contributed by atoms with van der Waals surface area (Å²) in [4.78, 5) is 12.4. The summed E-state index contributed by atoms with van der Waals surface area (Å²) in [6, 6.07) is 22.0. The summed E-state index contributed by atoms with van der Waals surface area (Å²) in [5.41, 5.74) is 5.03. The van der Waals surface area contributed by atoms with Crippen molar-refractivity contribution in [1.82, 2.24) is 20.2 Å². The maximum atomic E-state index is 12.4. The van der Waals surface area contributed by atoms with Gasteiger partial charge in [0.05, 0.1) is 19.1 Å². The number of ether oxygens (including phenoxy) is 1. The highest BCUT2D eigenvalue weighted by atomic mass is 35.5. The lowest BCUT2D eigenvalue weighted by molar-refractivity contribution is -0.118. The maximum absolute atomic E-state index is 12.4. The summed E-state index contributed by atoms with van der Waals surface area (Å²) < 4.78 is 7.00. The van der Waals surface area contributed by atoms with Crippen LogP contribution in [0.15, 0.2) is 83.1 Å². The van der Waals surface area contributed by atoms with Crippen molar-refractivity contribution in [2.24, 2.45) is 5.10 Å². The molecule has 0 bridgehead atoms. The second kappa shape index (κ2) is 11.2. The fraction of sp³-hybridized carbons (Fsp3) is 0.0833. The molecule has 0 aliphatic rings. The van der Waals surface area contributed by atoms with Crippen LogP contribution in [0.25, 0.3) is 17.1 Å². The molecule has 0 saturated heterocycles. The molecule has 1 aromatic heterocycles. The van der Waals surface area contributed by atoms with E-state index < -0.39 is 0 Å². The van der Waals surface area contributed by atoms with Crippen LogP contribution in [0.3, 0.4) is 0 Å². The first-order valence-electron chi connectivity index (χ1n) is 10.1. The minimum absolute atomic E-state index is 0.103. The molecule has 172 valence electrons. The molecule has 0 fully saturated rings. The third-order valence-electron chi connectivity index (χ3n) is 4.67. The molecule has 7 nitrogen and oxygen atoms in total. The topological polar surface area (TPSA) is 81.4 Å². The number of rotatable bonds is 8. The lowest BCUT2D eigenvalue weighted by Crippen LogP contribution is -2.20. The summed E-state index contributed by atoms with van der Waals surface area (Å²) in [7, 11) is 1.60. The van der Waals surface area contributed by atoms with Gasteiger partial charge in [0.2, 0.25) is 0 Å². The van der Waals surface area contributed by atoms with Gasteiger partial charge in [-0.15, -0.1) is 10.2 Å². The Bertz CT molecular complexity index is 1290. The van der Waals surface area contributed by atoms with Gasteiger partial charge in [0.1, 0.15) is 5.75 Å². The van der Waals surface area contributed by atoms with Gasteiger partial charge in [-0.25, -0.2) is 5.43 Å². The summed E-state index contributed by atoms with van der Waals surface area (Å²) in [6.45, 7) is 0. The average molecular weight is 512 g/mol. The van der Waals surface area contributed by atoms with Crippen molar-refractivity contribution in [2.75, 3.05) is 12.9 Å². The highest BCUT2D eigenvalue weighted by Crippen LogP contribution is 2.29. The van der Waals surface area contributed by atoms with E-state index in [2.05, 4.69) is 20.7 Å². The van der Waals surface area contributed by atoms with Crippen molar-refractivity contribution in [2.45, 2.75) is 5.16 Å². The molecule has 3 aromatic carbocycles. The third kappa shape index (κ3) is 5.96. The Morgan fingerprint density at radius 2 is 1.65 bits per heavy atom. The van der Waals surface area contributed by atoms with Gasteiger partial charge in [-0.05, 0) is 78.4 Å². The highest BCUT2D eigenvalue weighted by molar-refractivity contribution is 7.99. The van der Waals surface area contributed by atoms with Crippen molar-refractivity contribution in [1.29, 1.82) is 0 Å². The number of thioether (sulfide) groups is 1. The van der Waals surface area contributed by atoms with Gasteiger partial charge >= 0.3 is 0 Å². The number of carbonyl (C=O) groups excluding carboxylic acids is 1. The second-order valence-electron chi connectivity index (χ2n) is 6.98. The van der Waals surface area contributed by atoms with Crippen LogP contribution in [-0.4, -0.2) is 39.7 Å². The van der Waals surface area contributed by atoms with Crippen LogP contribution >= 0.6 is 35.0 Å². The van der Waals surface area contributed by atoms with Crippen molar-refractivity contribution in [3.63, 3.8) is 0 Å². The molecule has 0 unspecified atom stereocenters. The Balaban J connectivity index is 1.48. The molecule has 4 aromatic rings. The van der Waals surface area contributed by atoms with Gasteiger partial charge in [-0.3, -0.25) is 9.36 Å². The molecule has 0 radical (unpaired) electrons. The van der Waals surface area contributed by atoms with Crippen LogP contribution in [0.1, 0.15) is 5.56 Å². The number of carbonyl (C=O) groups is 1. The number of hydrazone groups is 1. The number of nitrogens with zero attached hydrogens (tertiary/aromatic N) is 4. The Kier molecular flexibility index (Phi) is 7.84. The molecule has 34 heavy (non-hydrogen) atoms. The molecular formula is C24H19Cl2N5O2S. The molecule has 4 rings (SSSR count). The van der Waals surface area contributed by atoms with Crippen molar-refractivity contribution in [3.8, 4) is 22.8 Å². The molecule has 0 aliphatic carbocycles. The van der Waals surface area contributed by atoms with E-state index in [4.69, 9.17) is 27.9 Å². The van der Waals surface area contributed by atoms with E-state index in [1.807, 2.05) is 53.1 Å². The number of hydrogen-bond donors (Lipinski definition) is 1. The van der Waals surface area contributed by atoms with Crippen molar-refractivity contribution >= 4 is 47.1 Å². The smallest absolute Gasteiger partial charge is 0.250 e. The molecule has 0 saturated carbocycles. The van der Waals surface area contributed by atoms with E-state index in [1.54, 1.807) is 37.6 Å². The van der Waals surface area contributed by atoms with Gasteiger partial charge in [0.15, 0.2) is 11.0 Å². The zero-order valence-corrected chi connectivity index (χ0v) is 20.3. The molecule has 1 heterocycles. The Morgan fingerprint density at radius 3 is 2.29 bits per heavy atom. The number of amides is 1. The third-order valence-corrected chi connectivity index (χ3v) is 6.10. The van der Waals surface area contributed by atoms with Gasteiger partial charge < -0.3 is 4.74 Å². The number of aromatic nitrogens is 3. The quantitative estimate of drug-likeness (QED) is 0.192. The van der Waals surface area contributed by atoms with Gasteiger partial charge in [-0.2, -0.15) is 5.10 Å². The monoisotopic (exact) mass is 511 g/mol. The number of nitrogens with one attached hydrogen (secondary N) is 1. The Labute approximate surface area is 210 Å². The molecule has 0 spiro atoms. The zero-order valence-electron chi connectivity index (χ0n) is 18.0. The predicted octanol–water partition coefficient (Wildman–Crippen LogP) is 5.49. The minimum atomic E-state index is -0.270. The first-order chi connectivity index (χ1) is 16.5. The lowest BCUT2D eigenvalue weighted by Gasteiger charge is -2.10. The minimum Gasteiger partial charge on any atom is -0.497 e. The number of hydrogen-bond acceptors (Lipinski definition) is 6. The molecule has 1 N–H and O–H groups in total. The van der Waals surface area contributed by atoms with Crippen LogP contribution in [0.5, 0.6) is 5.75 Å². The zero-order chi connectivity index (χ0) is 23.9.